The number of para-hydroxylation sites is 1. The van der Waals surface area contributed by atoms with Gasteiger partial charge in [0.25, 0.3) is 0 Å². The van der Waals surface area contributed by atoms with Crippen molar-refractivity contribution in [3.05, 3.63) is 35.5 Å². The molecule has 0 saturated carbocycles. The quantitative estimate of drug-likeness (QED) is 0.825. The molecule has 2 aromatic rings. The maximum absolute atomic E-state index is 13.2. The maximum atomic E-state index is 13.2. The first-order valence-electron chi connectivity index (χ1n) is 10.3. The van der Waals surface area contributed by atoms with E-state index in [9.17, 15) is 9.59 Å². The van der Waals surface area contributed by atoms with E-state index in [1.165, 1.54) is 13.5 Å². The first-order valence-corrected chi connectivity index (χ1v) is 10.3. The minimum absolute atomic E-state index is 0.0139. The molecule has 0 radical (unpaired) electrons. The number of rotatable bonds is 4. The lowest BCUT2D eigenvalue weighted by Crippen LogP contribution is -2.53. The van der Waals surface area contributed by atoms with Crippen LogP contribution in [0.2, 0.25) is 0 Å². The first kappa shape index (κ1) is 19.0. The van der Waals surface area contributed by atoms with Crippen LogP contribution >= 0.6 is 0 Å². The molecule has 1 fully saturated rings. The second-order valence-electron chi connectivity index (χ2n) is 7.92. The molecule has 1 aromatic heterocycles. The number of nitrogens with one attached hydrogen (secondary N) is 1. The van der Waals surface area contributed by atoms with Gasteiger partial charge in [0.1, 0.15) is 6.04 Å². The fraction of sp³-hybridized carbons (Fsp3) is 0.545. The summed E-state index contributed by atoms with van der Waals surface area (Å²) in [7, 11) is 1.40. The number of fused-ring (bicyclic) bond motifs is 3. The van der Waals surface area contributed by atoms with Gasteiger partial charge in [-0.25, -0.2) is 4.79 Å². The summed E-state index contributed by atoms with van der Waals surface area (Å²) in [6, 6.07) is 7.99. The number of carbonyl (C=O) groups is 2. The number of aromatic amines is 1. The van der Waals surface area contributed by atoms with Crippen molar-refractivity contribution in [2.24, 2.45) is 0 Å². The second kappa shape index (κ2) is 7.95. The lowest BCUT2D eigenvalue weighted by molar-refractivity contribution is -0.154. The number of amides is 1. The number of aromatic nitrogens is 1. The Morgan fingerprint density at radius 1 is 1.25 bits per heavy atom. The number of H-pyrrole nitrogens is 1. The second-order valence-corrected chi connectivity index (χ2v) is 7.92. The third kappa shape index (κ3) is 3.41. The van der Waals surface area contributed by atoms with Crippen LogP contribution in [0, 0.1) is 0 Å². The van der Waals surface area contributed by atoms with Crippen molar-refractivity contribution in [1.82, 2.24) is 14.8 Å². The summed E-state index contributed by atoms with van der Waals surface area (Å²) in [4.78, 5) is 33.2. The zero-order chi connectivity index (χ0) is 19.7. The molecule has 28 heavy (non-hydrogen) atoms. The number of likely N-dealkylation sites (tertiary alicyclic amines) is 1. The van der Waals surface area contributed by atoms with Gasteiger partial charge in [-0.1, -0.05) is 31.5 Å². The average Bonchev–Trinajstić information content (AvgIpc) is 3.10. The van der Waals surface area contributed by atoms with Crippen LogP contribution in [0.25, 0.3) is 10.9 Å². The van der Waals surface area contributed by atoms with E-state index in [1.807, 2.05) is 18.2 Å². The molecule has 0 unspecified atom stereocenters. The lowest BCUT2D eigenvalue weighted by atomic mass is 9.96. The van der Waals surface area contributed by atoms with Crippen LogP contribution in [0.5, 0.6) is 0 Å². The molecule has 1 aromatic carbocycles. The van der Waals surface area contributed by atoms with Gasteiger partial charge in [-0.05, 0) is 37.4 Å². The molecule has 2 aliphatic heterocycles. The van der Waals surface area contributed by atoms with Gasteiger partial charge in [-0.15, -0.1) is 0 Å². The van der Waals surface area contributed by atoms with Gasteiger partial charge in [-0.3, -0.25) is 9.69 Å². The SMILES string of the molecule is CC[C@H]1CCCCN1CC(=O)N1Cc2[nH]c3ccccc3c2C[C@@H]1C(=O)OC. The molecule has 1 amide bonds. The molecule has 150 valence electrons. The molecular weight excluding hydrogens is 354 g/mol. The number of ether oxygens (including phenoxy) is 1. The fourth-order valence-electron chi connectivity index (χ4n) is 4.81. The highest BCUT2D eigenvalue weighted by Crippen LogP contribution is 2.31. The molecule has 6 nitrogen and oxygen atoms in total. The topological polar surface area (TPSA) is 65.6 Å². The molecule has 6 heteroatoms. The molecule has 1 saturated heterocycles. The summed E-state index contributed by atoms with van der Waals surface area (Å²) in [6.07, 6.45) is 5.07. The van der Waals surface area contributed by atoms with Crippen LogP contribution in [0.1, 0.15) is 43.9 Å². The average molecular weight is 383 g/mol. The predicted molar refractivity (Wildman–Crippen MR) is 108 cm³/mol. The first-order chi connectivity index (χ1) is 13.6. The highest BCUT2D eigenvalue weighted by atomic mass is 16.5. The number of esters is 1. The van der Waals surface area contributed by atoms with Crippen LogP contribution in [-0.4, -0.2) is 58.9 Å². The van der Waals surface area contributed by atoms with E-state index in [0.29, 0.717) is 25.6 Å². The lowest BCUT2D eigenvalue weighted by Gasteiger charge is -2.38. The van der Waals surface area contributed by atoms with E-state index in [0.717, 1.165) is 48.0 Å². The van der Waals surface area contributed by atoms with Gasteiger partial charge in [-0.2, -0.15) is 0 Å². The standard InChI is InChI=1S/C22H29N3O3/c1-3-15-8-6-7-11-24(15)14-21(26)25-13-19-17(12-20(25)22(27)28-2)16-9-4-5-10-18(16)23-19/h4-5,9-10,15,20,23H,3,6-8,11-14H2,1-2H3/t15-,20+/m0/s1. The normalized spacial score (nSPS) is 22.9. The minimum atomic E-state index is -0.561. The zero-order valence-corrected chi connectivity index (χ0v) is 16.7. The van der Waals surface area contributed by atoms with E-state index in [2.05, 4.69) is 22.9 Å². The van der Waals surface area contributed by atoms with E-state index in [1.54, 1.807) is 4.90 Å². The molecule has 2 aliphatic rings. The number of hydrogen-bond acceptors (Lipinski definition) is 4. The maximum Gasteiger partial charge on any atom is 0.328 e. The van der Waals surface area contributed by atoms with E-state index in [4.69, 9.17) is 4.74 Å². The summed E-state index contributed by atoms with van der Waals surface area (Å²) in [5, 5.41) is 1.13. The number of piperidine rings is 1. The van der Waals surface area contributed by atoms with Crippen LogP contribution < -0.4 is 0 Å². The monoisotopic (exact) mass is 383 g/mol. The summed E-state index contributed by atoms with van der Waals surface area (Å²) in [6.45, 7) is 3.94. The van der Waals surface area contributed by atoms with Gasteiger partial charge >= 0.3 is 5.97 Å². The Bertz CT molecular complexity index is 875. The van der Waals surface area contributed by atoms with E-state index < -0.39 is 6.04 Å². The molecule has 0 aliphatic carbocycles. The largest absolute Gasteiger partial charge is 0.467 e. The number of methoxy groups -OCH3 is 1. The van der Waals surface area contributed by atoms with Gasteiger partial charge in [0.15, 0.2) is 0 Å². The number of carbonyl (C=O) groups excluding carboxylic acids is 2. The van der Waals surface area contributed by atoms with Crippen molar-refractivity contribution in [1.29, 1.82) is 0 Å². The smallest absolute Gasteiger partial charge is 0.328 e. The van der Waals surface area contributed by atoms with Crippen molar-refractivity contribution < 1.29 is 14.3 Å². The summed E-state index contributed by atoms with van der Waals surface area (Å²) < 4.78 is 5.05. The molecule has 0 spiro atoms. The third-order valence-corrected chi connectivity index (χ3v) is 6.36. The highest BCUT2D eigenvalue weighted by Gasteiger charge is 2.38. The molecule has 4 rings (SSSR count). The van der Waals surface area contributed by atoms with Crippen molar-refractivity contribution in [3.63, 3.8) is 0 Å². The number of nitrogens with zero attached hydrogens (tertiary/aromatic N) is 2. The van der Waals surface area contributed by atoms with Crippen LogP contribution in [0.3, 0.4) is 0 Å². The molecule has 0 bridgehead atoms. The van der Waals surface area contributed by atoms with Crippen molar-refractivity contribution in [2.75, 3.05) is 20.2 Å². The van der Waals surface area contributed by atoms with Crippen LogP contribution in [0.15, 0.2) is 24.3 Å². The number of benzene rings is 1. The van der Waals surface area contributed by atoms with Crippen molar-refractivity contribution in [2.45, 2.75) is 57.7 Å². The summed E-state index contributed by atoms with van der Waals surface area (Å²) >= 11 is 0. The van der Waals surface area contributed by atoms with Crippen LogP contribution in [-0.2, 0) is 27.3 Å². The molecular formula is C22H29N3O3. The van der Waals surface area contributed by atoms with Crippen LogP contribution in [0.4, 0.5) is 0 Å². The fourth-order valence-corrected chi connectivity index (χ4v) is 4.81. The Hall–Kier alpha value is -2.34. The third-order valence-electron chi connectivity index (χ3n) is 6.36. The summed E-state index contributed by atoms with van der Waals surface area (Å²) in [5.74, 6) is -0.324. The highest BCUT2D eigenvalue weighted by molar-refractivity contribution is 5.90. The Labute approximate surface area is 165 Å². The summed E-state index contributed by atoms with van der Waals surface area (Å²) in [5.41, 5.74) is 3.20. The Morgan fingerprint density at radius 2 is 2.07 bits per heavy atom. The van der Waals surface area contributed by atoms with E-state index in [-0.39, 0.29) is 11.9 Å². The minimum Gasteiger partial charge on any atom is -0.467 e. The van der Waals surface area contributed by atoms with Gasteiger partial charge in [0.2, 0.25) is 5.91 Å². The van der Waals surface area contributed by atoms with E-state index >= 15 is 0 Å². The van der Waals surface area contributed by atoms with Gasteiger partial charge in [0, 0.05) is 29.1 Å². The Morgan fingerprint density at radius 3 is 2.86 bits per heavy atom. The van der Waals surface area contributed by atoms with Crippen molar-refractivity contribution >= 4 is 22.8 Å². The zero-order valence-electron chi connectivity index (χ0n) is 16.7. The van der Waals surface area contributed by atoms with Gasteiger partial charge < -0.3 is 14.6 Å². The molecule has 1 N–H and O–H groups in total. The number of hydrogen-bond donors (Lipinski definition) is 1. The predicted octanol–water partition coefficient (Wildman–Crippen LogP) is 2.86. The Balaban J connectivity index is 1.60. The Kier molecular flexibility index (Phi) is 5.40. The van der Waals surface area contributed by atoms with Crippen molar-refractivity contribution in [3.8, 4) is 0 Å². The molecule has 2 atom stereocenters. The molecule has 3 heterocycles. The van der Waals surface area contributed by atoms with Gasteiger partial charge in [0.05, 0.1) is 20.2 Å².